The lowest BCUT2D eigenvalue weighted by Gasteiger charge is -2.12. The standard InChI is InChI=1S/C16H17ClN4O5S/c1-9(22)6-18-15(23)16(24)19-14-12-7-27(25,26)8-13(12)20-21(14)11-4-2-3-10(17)5-11/h2-5,9,22H,6-8H2,1H3,(H,18,23)(H,19,24)/t9-/m0/s1. The van der Waals surface area contributed by atoms with Crippen molar-refractivity contribution in [2.45, 2.75) is 24.5 Å². The Kier molecular flexibility index (Phi) is 5.22. The van der Waals surface area contributed by atoms with Gasteiger partial charge in [-0.1, -0.05) is 17.7 Å². The van der Waals surface area contributed by atoms with Gasteiger partial charge in [-0.25, -0.2) is 13.1 Å². The monoisotopic (exact) mass is 412 g/mol. The fourth-order valence-electron chi connectivity index (χ4n) is 2.65. The van der Waals surface area contributed by atoms with Gasteiger partial charge in [-0.3, -0.25) is 9.59 Å². The van der Waals surface area contributed by atoms with Gasteiger partial charge in [-0.2, -0.15) is 5.10 Å². The topological polar surface area (TPSA) is 130 Å². The van der Waals surface area contributed by atoms with Gasteiger partial charge in [0.1, 0.15) is 5.82 Å². The maximum absolute atomic E-state index is 12.2. The summed E-state index contributed by atoms with van der Waals surface area (Å²) >= 11 is 6.00. The number of carbonyl (C=O) groups excluding carboxylic acids is 2. The maximum Gasteiger partial charge on any atom is 0.314 e. The smallest absolute Gasteiger partial charge is 0.314 e. The van der Waals surface area contributed by atoms with Crippen molar-refractivity contribution in [3.05, 3.63) is 40.5 Å². The third-order valence-corrected chi connectivity index (χ3v) is 5.51. The van der Waals surface area contributed by atoms with Crippen LogP contribution in [0, 0.1) is 0 Å². The Balaban J connectivity index is 1.95. The van der Waals surface area contributed by atoms with E-state index in [0.717, 1.165) is 0 Å². The zero-order valence-electron chi connectivity index (χ0n) is 14.3. The fourth-order valence-corrected chi connectivity index (χ4v) is 4.33. The number of aromatic nitrogens is 2. The quantitative estimate of drug-likeness (QED) is 0.623. The van der Waals surface area contributed by atoms with Crippen LogP contribution in [-0.2, 0) is 30.9 Å². The molecule has 2 amide bonds. The molecule has 1 atom stereocenters. The van der Waals surface area contributed by atoms with Crippen LogP contribution in [0.5, 0.6) is 0 Å². The predicted molar refractivity (Wildman–Crippen MR) is 98.2 cm³/mol. The van der Waals surface area contributed by atoms with Crippen molar-refractivity contribution in [3.8, 4) is 5.69 Å². The number of fused-ring (bicyclic) bond motifs is 1. The maximum atomic E-state index is 12.2. The highest BCUT2D eigenvalue weighted by atomic mass is 35.5. The highest BCUT2D eigenvalue weighted by Gasteiger charge is 2.33. The first-order chi connectivity index (χ1) is 12.7. The molecule has 11 heteroatoms. The van der Waals surface area contributed by atoms with E-state index in [1.165, 1.54) is 11.6 Å². The van der Waals surface area contributed by atoms with Crippen molar-refractivity contribution >= 4 is 39.1 Å². The largest absolute Gasteiger partial charge is 0.392 e. The minimum absolute atomic E-state index is 0.0910. The van der Waals surface area contributed by atoms with Gasteiger partial charge in [0.2, 0.25) is 0 Å². The molecular weight excluding hydrogens is 396 g/mol. The summed E-state index contributed by atoms with van der Waals surface area (Å²) in [6.45, 7) is 1.37. The summed E-state index contributed by atoms with van der Waals surface area (Å²) in [6.07, 6.45) is -0.812. The lowest BCUT2D eigenvalue weighted by atomic mass is 10.2. The van der Waals surface area contributed by atoms with Gasteiger partial charge in [0, 0.05) is 17.1 Å². The molecule has 1 aromatic heterocycles. The Labute approximate surface area is 160 Å². The predicted octanol–water partition coefficient (Wildman–Crippen LogP) is 0.390. The van der Waals surface area contributed by atoms with Crippen LogP contribution in [0.25, 0.3) is 5.69 Å². The molecule has 1 aromatic carbocycles. The molecule has 0 saturated heterocycles. The molecule has 0 spiro atoms. The van der Waals surface area contributed by atoms with E-state index in [-0.39, 0.29) is 23.9 Å². The lowest BCUT2D eigenvalue weighted by Crippen LogP contribution is -2.39. The summed E-state index contributed by atoms with van der Waals surface area (Å²) < 4.78 is 25.2. The van der Waals surface area contributed by atoms with Crippen molar-refractivity contribution in [2.75, 3.05) is 11.9 Å². The van der Waals surface area contributed by atoms with E-state index in [0.29, 0.717) is 22.0 Å². The highest BCUT2D eigenvalue weighted by Crippen LogP contribution is 2.33. The Morgan fingerprint density at radius 2 is 2.07 bits per heavy atom. The van der Waals surface area contributed by atoms with Crippen molar-refractivity contribution < 1.29 is 23.1 Å². The minimum Gasteiger partial charge on any atom is -0.392 e. The van der Waals surface area contributed by atoms with E-state index in [2.05, 4.69) is 15.7 Å². The number of carbonyl (C=O) groups is 2. The summed E-state index contributed by atoms with van der Waals surface area (Å²) in [4.78, 5) is 24.1. The summed E-state index contributed by atoms with van der Waals surface area (Å²) in [6, 6.07) is 6.63. The van der Waals surface area contributed by atoms with Gasteiger partial charge in [-0.05, 0) is 25.1 Å². The van der Waals surface area contributed by atoms with Crippen molar-refractivity contribution in [2.24, 2.45) is 0 Å². The van der Waals surface area contributed by atoms with E-state index >= 15 is 0 Å². The average Bonchev–Trinajstić information content (AvgIpc) is 3.05. The van der Waals surface area contributed by atoms with Gasteiger partial charge < -0.3 is 15.7 Å². The molecule has 0 saturated carbocycles. The van der Waals surface area contributed by atoms with Gasteiger partial charge >= 0.3 is 11.8 Å². The molecule has 1 aliphatic rings. The van der Waals surface area contributed by atoms with Crippen LogP contribution in [-0.4, -0.2) is 47.8 Å². The number of aliphatic hydroxyl groups is 1. The van der Waals surface area contributed by atoms with Gasteiger partial charge in [0.15, 0.2) is 9.84 Å². The summed E-state index contributed by atoms with van der Waals surface area (Å²) in [5.41, 5.74) is 1.16. The van der Waals surface area contributed by atoms with Crippen molar-refractivity contribution in [3.63, 3.8) is 0 Å². The number of rotatable bonds is 4. The molecule has 0 radical (unpaired) electrons. The molecule has 1 aliphatic heterocycles. The number of anilines is 1. The zero-order chi connectivity index (χ0) is 19.8. The second-order valence-corrected chi connectivity index (χ2v) is 8.71. The van der Waals surface area contributed by atoms with Gasteiger partial charge in [-0.15, -0.1) is 0 Å². The van der Waals surface area contributed by atoms with Crippen LogP contribution in [0.3, 0.4) is 0 Å². The SMILES string of the molecule is C[C@H](O)CNC(=O)C(=O)Nc1c2c(nn1-c1cccc(Cl)c1)CS(=O)(=O)C2. The molecule has 0 fully saturated rings. The van der Waals surface area contributed by atoms with E-state index in [1.54, 1.807) is 24.3 Å². The molecule has 27 heavy (non-hydrogen) atoms. The Hall–Kier alpha value is -2.43. The number of amides is 2. The number of aliphatic hydroxyl groups excluding tert-OH is 1. The Morgan fingerprint density at radius 1 is 1.33 bits per heavy atom. The number of benzene rings is 1. The van der Waals surface area contributed by atoms with Crippen LogP contribution in [0.4, 0.5) is 5.82 Å². The van der Waals surface area contributed by atoms with E-state index in [4.69, 9.17) is 11.6 Å². The number of hydrogen-bond donors (Lipinski definition) is 3. The molecule has 0 aliphatic carbocycles. The summed E-state index contributed by atoms with van der Waals surface area (Å²) in [5.74, 6) is -2.37. The summed E-state index contributed by atoms with van der Waals surface area (Å²) in [5, 5.41) is 18.6. The van der Waals surface area contributed by atoms with Gasteiger partial charge in [0.25, 0.3) is 0 Å². The van der Waals surface area contributed by atoms with Crippen molar-refractivity contribution in [1.82, 2.24) is 15.1 Å². The first-order valence-electron chi connectivity index (χ1n) is 8.00. The number of hydrogen-bond acceptors (Lipinski definition) is 6. The van der Waals surface area contributed by atoms with Crippen LogP contribution in [0.15, 0.2) is 24.3 Å². The first kappa shape index (κ1) is 19.3. The molecular formula is C16H17ClN4O5S. The minimum atomic E-state index is -3.36. The normalized spacial score (nSPS) is 15.8. The lowest BCUT2D eigenvalue weighted by molar-refractivity contribution is -0.136. The molecule has 9 nitrogen and oxygen atoms in total. The second-order valence-electron chi connectivity index (χ2n) is 6.21. The number of halogens is 1. The number of nitrogens with one attached hydrogen (secondary N) is 2. The zero-order valence-corrected chi connectivity index (χ0v) is 15.8. The summed E-state index contributed by atoms with van der Waals surface area (Å²) in [7, 11) is -3.36. The molecule has 144 valence electrons. The molecule has 0 unspecified atom stereocenters. The molecule has 2 aromatic rings. The third-order valence-electron chi connectivity index (χ3n) is 3.84. The van der Waals surface area contributed by atoms with E-state index < -0.39 is 27.8 Å². The van der Waals surface area contributed by atoms with Gasteiger partial charge in [0.05, 0.1) is 29.0 Å². The van der Waals surface area contributed by atoms with Crippen LogP contribution >= 0.6 is 11.6 Å². The van der Waals surface area contributed by atoms with E-state index in [1.807, 2.05) is 0 Å². The third kappa shape index (κ3) is 4.29. The van der Waals surface area contributed by atoms with E-state index in [9.17, 15) is 23.1 Å². The molecule has 0 bridgehead atoms. The Morgan fingerprint density at radius 3 is 2.74 bits per heavy atom. The van der Waals surface area contributed by atoms with Crippen LogP contribution < -0.4 is 10.6 Å². The first-order valence-corrected chi connectivity index (χ1v) is 10.2. The number of sulfone groups is 1. The van der Waals surface area contributed by atoms with Crippen molar-refractivity contribution in [1.29, 1.82) is 0 Å². The van der Waals surface area contributed by atoms with Crippen LogP contribution in [0.1, 0.15) is 18.2 Å². The van der Waals surface area contributed by atoms with Crippen LogP contribution in [0.2, 0.25) is 5.02 Å². The molecule has 2 heterocycles. The molecule has 3 N–H and O–H groups in total. The molecule has 3 rings (SSSR count). The fraction of sp³-hybridized carbons (Fsp3) is 0.312. The Bertz CT molecular complexity index is 1020. The highest BCUT2D eigenvalue weighted by molar-refractivity contribution is 7.90. The number of nitrogens with zero attached hydrogens (tertiary/aromatic N) is 2. The second kappa shape index (κ2) is 7.29. The average molecular weight is 413 g/mol.